The average Bonchev–Trinajstić information content (AvgIpc) is 3.44. The first kappa shape index (κ1) is 42.4. The molecule has 3 aliphatic heterocycles. The van der Waals surface area contributed by atoms with Crippen LogP contribution in [0, 0.1) is 11.7 Å². The highest BCUT2D eigenvalue weighted by molar-refractivity contribution is 5.98. The standard InChI is InChI=1S/C41H49F4N5O8/c1-39(2,3)58-37(55)47-31-13-8-6-4-5-7-11-27-19-40(27,36(54)46-20-24-14-16-25(17-15-24)33(51)41(43,44)45)48-34(52)32-18-28(22-50(32)35(31)53)57-38(56)49-21-26-10-9-12-30(42)29(26)23-49/h7,9-12,14-17,27-28,31-33,51H,4-6,8,13,18-23H2,1-3H3,(H,46,54)(H,47,55)(H,48,52)/t27-,28-,31+,32+,33?,40-/m1/s1. The molecule has 2 aromatic rings. The molecular formula is C41H49F4N5O8. The number of benzene rings is 2. The summed E-state index contributed by atoms with van der Waals surface area (Å²) in [6.07, 6.45) is -3.27. The Morgan fingerprint density at radius 2 is 1.78 bits per heavy atom. The summed E-state index contributed by atoms with van der Waals surface area (Å²) in [6.45, 7) is 4.84. The Morgan fingerprint density at radius 1 is 1.03 bits per heavy atom. The highest BCUT2D eigenvalue weighted by Crippen LogP contribution is 2.46. The summed E-state index contributed by atoms with van der Waals surface area (Å²) in [7, 11) is 0. The lowest BCUT2D eigenvalue weighted by Crippen LogP contribution is -2.57. The molecule has 1 saturated carbocycles. The highest BCUT2D eigenvalue weighted by Gasteiger charge is 2.61. The van der Waals surface area contributed by atoms with Gasteiger partial charge < -0.3 is 35.4 Å². The van der Waals surface area contributed by atoms with Gasteiger partial charge in [0, 0.05) is 31.0 Å². The molecule has 314 valence electrons. The lowest BCUT2D eigenvalue weighted by atomic mass is 10.0. The fraction of sp³-hybridized carbons (Fsp3) is 0.537. The summed E-state index contributed by atoms with van der Waals surface area (Å²) in [6, 6.07) is 7.19. The smallest absolute Gasteiger partial charge is 0.418 e. The van der Waals surface area contributed by atoms with Crippen molar-refractivity contribution in [3.05, 3.63) is 82.7 Å². The van der Waals surface area contributed by atoms with E-state index >= 15 is 0 Å². The summed E-state index contributed by atoms with van der Waals surface area (Å²) >= 11 is 0. The summed E-state index contributed by atoms with van der Waals surface area (Å²) < 4.78 is 64.7. The van der Waals surface area contributed by atoms with Crippen molar-refractivity contribution in [2.75, 3.05) is 6.54 Å². The van der Waals surface area contributed by atoms with Crippen LogP contribution < -0.4 is 16.0 Å². The first-order chi connectivity index (χ1) is 27.3. The van der Waals surface area contributed by atoms with Gasteiger partial charge in [0.2, 0.25) is 17.7 Å². The lowest BCUT2D eigenvalue weighted by molar-refractivity contribution is -0.206. The Hall–Kier alpha value is -5.19. The average molecular weight is 816 g/mol. The van der Waals surface area contributed by atoms with Crippen molar-refractivity contribution in [1.29, 1.82) is 0 Å². The zero-order valence-electron chi connectivity index (χ0n) is 32.6. The second-order valence-electron chi connectivity index (χ2n) is 16.4. The van der Waals surface area contributed by atoms with Gasteiger partial charge in [-0.3, -0.25) is 19.3 Å². The van der Waals surface area contributed by atoms with Crippen molar-refractivity contribution in [2.24, 2.45) is 5.92 Å². The van der Waals surface area contributed by atoms with E-state index in [-0.39, 0.29) is 51.0 Å². The number of nitrogens with zero attached hydrogens (tertiary/aromatic N) is 2. The molecule has 2 aromatic carbocycles. The van der Waals surface area contributed by atoms with Crippen molar-refractivity contribution < 1.29 is 56.1 Å². The molecule has 6 rings (SSSR count). The normalized spacial score (nSPS) is 25.6. The molecule has 17 heteroatoms. The van der Waals surface area contributed by atoms with Gasteiger partial charge in [0.1, 0.15) is 35.1 Å². The van der Waals surface area contributed by atoms with E-state index in [9.17, 15) is 46.6 Å². The van der Waals surface area contributed by atoms with Crippen LogP contribution in [-0.2, 0) is 43.5 Å². The molecule has 4 aliphatic rings. The van der Waals surface area contributed by atoms with Gasteiger partial charge >= 0.3 is 18.4 Å². The van der Waals surface area contributed by atoms with E-state index in [1.807, 2.05) is 12.2 Å². The molecule has 1 aliphatic carbocycles. The number of hydrogen-bond donors (Lipinski definition) is 4. The van der Waals surface area contributed by atoms with E-state index in [1.165, 1.54) is 28.0 Å². The number of alkyl carbamates (subject to hydrolysis) is 1. The van der Waals surface area contributed by atoms with Crippen molar-refractivity contribution in [3.63, 3.8) is 0 Å². The van der Waals surface area contributed by atoms with Crippen LogP contribution in [0.2, 0.25) is 0 Å². The Balaban J connectivity index is 1.22. The number of nitrogens with one attached hydrogen (secondary N) is 3. The van der Waals surface area contributed by atoms with E-state index in [0.717, 1.165) is 18.6 Å². The fourth-order valence-corrected chi connectivity index (χ4v) is 7.69. The van der Waals surface area contributed by atoms with Gasteiger partial charge in [-0.1, -0.05) is 61.4 Å². The Bertz CT molecular complexity index is 1920. The number of hydrogen-bond acceptors (Lipinski definition) is 8. The van der Waals surface area contributed by atoms with Crippen LogP contribution in [0.25, 0.3) is 0 Å². The number of carbonyl (C=O) groups is 5. The third kappa shape index (κ3) is 9.91. The molecule has 4 N–H and O–H groups in total. The predicted molar refractivity (Wildman–Crippen MR) is 200 cm³/mol. The Morgan fingerprint density at radius 3 is 2.47 bits per heavy atom. The monoisotopic (exact) mass is 815 g/mol. The van der Waals surface area contributed by atoms with Gasteiger partial charge in [-0.25, -0.2) is 14.0 Å². The van der Waals surface area contributed by atoms with Gasteiger partial charge in [0.05, 0.1) is 13.1 Å². The molecular weight excluding hydrogens is 766 g/mol. The third-order valence-electron chi connectivity index (χ3n) is 10.8. The molecule has 0 spiro atoms. The second-order valence-corrected chi connectivity index (χ2v) is 16.4. The highest BCUT2D eigenvalue weighted by atomic mass is 19.4. The minimum absolute atomic E-state index is 0.0196. The topological polar surface area (TPSA) is 167 Å². The van der Waals surface area contributed by atoms with Gasteiger partial charge in [-0.05, 0) is 69.2 Å². The zero-order valence-corrected chi connectivity index (χ0v) is 32.6. The first-order valence-corrected chi connectivity index (χ1v) is 19.5. The summed E-state index contributed by atoms with van der Waals surface area (Å²) in [4.78, 5) is 71.6. The fourth-order valence-electron chi connectivity index (χ4n) is 7.69. The Kier molecular flexibility index (Phi) is 12.4. The molecule has 0 radical (unpaired) electrons. The maximum absolute atomic E-state index is 14.5. The maximum Gasteiger partial charge on any atom is 0.418 e. The number of carbonyl (C=O) groups excluding carboxylic acids is 5. The van der Waals surface area contributed by atoms with Crippen molar-refractivity contribution in [2.45, 2.75) is 127 Å². The van der Waals surface area contributed by atoms with E-state index in [2.05, 4.69) is 16.0 Å². The van der Waals surface area contributed by atoms with E-state index in [0.29, 0.717) is 36.0 Å². The molecule has 1 unspecified atom stereocenters. The van der Waals surface area contributed by atoms with Crippen LogP contribution in [0.4, 0.5) is 27.2 Å². The number of ether oxygens (including phenoxy) is 2. The predicted octanol–water partition coefficient (Wildman–Crippen LogP) is 5.45. The molecule has 5 amide bonds. The van der Waals surface area contributed by atoms with Gasteiger partial charge in [0.15, 0.2) is 6.10 Å². The van der Waals surface area contributed by atoms with Gasteiger partial charge in [0.25, 0.3) is 0 Å². The molecule has 6 atom stereocenters. The number of alkyl halides is 3. The van der Waals surface area contributed by atoms with Crippen LogP contribution in [0.5, 0.6) is 0 Å². The summed E-state index contributed by atoms with van der Waals surface area (Å²) in [5.41, 5.74) is -1.19. The molecule has 58 heavy (non-hydrogen) atoms. The molecule has 0 aromatic heterocycles. The van der Waals surface area contributed by atoms with Gasteiger partial charge in [-0.2, -0.15) is 13.2 Å². The number of aliphatic hydroxyl groups excluding tert-OH is 1. The van der Waals surface area contributed by atoms with E-state index in [4.69, 9.17) is 9.47 Å². The zero-order chi connectivity index (χ0) is 42.0. The quantitative estimate of drug-likeness (QED) is 0.221. The summed E-state index contributed by atoms with van der Waals surface area (Å²) in [5.74, 6) is -2.70. The molecule has 1 saturated heterocycles. The molecule has 3 heterocycles. The largest absolute Gasteiger partial charge is 0.444 e. The third-order valence-corrected chi connectivity index (χ3v) is 10.8. The SMILES string of the molecule is CC(C)(C)OC(=O)N[C@H]1CCCCCC=C[C@@H]2C[C@@]2(C(=O)NCc2ccc(C(O)C(F)(F)F)cc2)NC(=O)[C@@H]2C[C@@H](OC(=O)N3Cc4cccc(F)c4C3)CN2C1=O. The van der Waals surface area contributed by atoms with Gasteiger partial charge in [-0.15, -0.1) is 0 Å². The number of amides is 5. The van der Waals surface area contributed by atoms with Crippen LogP contribution in [0.15, 0.2) is 54.6 Å². The number of halogens is 4. The number of aliphatic hydroxyl groups is 1. The lowest BCUT2D eigenvalue weighted by Gasteiger charge is -2.30. The van der Waals surface area contributed by atoms with Crippen LogP contribution >= 0.6 is 0 Å². The van der Waals surface area contributed by atoms with Crippen LogP contribution in [-0.4, -0.2) is 86.9 Å². The van der Waals surface area contributed by atoms with E-state index in [1.54, 1.807) is 32.9 Å². The number of rotatable bonds is 6. The first-order valence-electron chi connectivity index (χ1n) is 19.5. The number of allylic oxidation sites excluding steroid dienone is 1. The molecule has 2 fully saturated rings. The van der Waals surface area contributed by atoms with Crippen molar-refractivity contribution in [1.82, 2.24) is 25.8 Å². The Labute approximate surface area is 333 Å². The van der Waals surface area contributed by atoms with Crippen molar-refractivity contribution in [3.8, 4) is 0 Å². The second kappa shape index (κ2) is 17.0. The van der Waals surface area contributed by atoms with Crippen LogP contribution in [0.1, 0.15) is 94.1 Å². The number of fused-ring (bicyclic) bond motifs is 3. The van der Waals surface area contributed by atoms with Crippen molar-refractivity contribution >= 4 is 29.9 Å². The van der Waals surface area contributed by atoms with E-state index < -0.39 is 83.3 Å². The minimum atomic E-state index is -4.84. The summed E-state index contributed by atoms with van der Waals surface area (Å²) in [5, 5.41) is 17.9. The minimum Gasteiger partial charge on any atom is -0.444 e. The molecule has 13 nitrogen and oxygen atoms in total. The maximum atomic E-state index is 14.5. The van der Waals surface area contributed by atoms with Crippen LogP contribution in [0.3, 0.4) is 0 Å². The molecule has 0 bridgehead atoms.